The van der Waals surface area contributed by atoms with Crippen LogP contribution in [0.1, 0.15) is 0 Å². The third kappa shape index (κ3) is 3.71. The van der Waals surface area contributed by atoms with Crippen molar-refractivity contribution in [2.75, 3.05) is 0 Å². The van der Waals surface area contributed by atoms with Crippen molar-refractivity contribution in [2.24, 2.45) is 0 Å². The Hall–Kier alpha value is -0.0725. The Labute approximate surface area is 115 Å². The highest BCUT2D eigenvalue weighted by Crippen LogP contribution is 2.28. The van der Waals surface area contributed by atoms with Gasteiger partial charge in [0.15, 0.2) is 0 Å². The molecule has 0 aliphatic carbocycles. The quantitative estimate of drug-likeness (QED) is 0.750. The molecular formula is C10H21O4Si4. The summed E-state index contributed by atoms with van der Waals surface area (Å²) in [6.45, 7) is 19.4. The van der Waals surface area contributed by atoms with Gasteiger partial charge in [0.05, 0.1) is 0 Å². The molecule has 1 rings (SSSR count). The summed E-state index contributed by atoms with van der Waals surface area (Å²) in [5.41, 5.74) is 5.20. The molecule has 1 unspecified atom stereocenters. The van der Waals surface area contributed by atoms with Crippen molar-refractivity contribution in [1.82, 2.24) is 0 Å². The zero-order valence-corrected chi connectivity index (χ0v) is 15.5. The van der Waals surface area contributed by atoms with Crippen LogP contribution in [0.3, 0.4) is 0 Å². The Morgan fingerprint density at radius 2 is 1.44 bits per heavy atom. The maximum atomic E-state index is 6.18. The monoisotopic (exact) mass is 317 g/mol. The van der Waals surface area contributed by atoms with E-state index < -0.39 is 35.0 Å². The molecule has 0 aromatic carbocycles. The van der Waals surface area contributed by atoms with Crippen LogP contribution in [0, 0.1) is 0 Å². The summed E-state index contributed by atoms with van der Waals surface area (Å²) >= 11 is 0. The van der Waals surface area contributed by atoms with Crippen LogP contribution in [0.4, 0.5) is 0 Å². The van der Waals surface area contributed by atoms with Crippen molar-refractivity contribution in [3.05, 3.63) is 36.8 Å². The SMILES string of the molecule is C=C[Si]1(C)O[Si](C)(C)O[Si](C)O[Si](C=C)(C=C)O1. The smallest absolute Gasteiger partial charge is 0.373 e. The van der Waals surface area contributed by atoms with E-state index in [1.807, 2.05) is 26.2 Å². The van der Waals surface area contributed by atoms with Crippen LogP contribution in [-0.2, 0) is 16.5 Å². The van der Waals surface area contributed by atoms with Crippen molar-refractivity contribution in [3.63, 3.8) is 0 Å². The van der Waals surface area contributed by atoms with Gasteiger partial charge in [-0.15, -0.1) is 19.7 Å². The molecule has 0 N–H and O–H groups in total. The maximum Gasteiger partial charge on any atom is 0.373 e. The van der Waals surface area contributed by atoms with Gasteiger partial charge < -0.3 is 16.5 Å². The van der Waals surface area contributed by atoms with Crippen molar-refractivity contribution in [1.29, 1.82) is 0 Å². The van der Waals surface area contributed by atoms with Gasteiger partial charge in [-0.3, -0.25) is 0 Å². The molecule has 0 aromatic rings. The lowest BCUT2D eigenvalue weighted by molar-refractivity contribution is 0.261. The molecule has 0 amide bonds. The molecule has 4 nitrogen and oxygen atoms in total. The van der Waals surface area contributed by atoms with Gasteiger partial charge in [-0.05, 0) is 37.6 Å². The van der Waals surface area contributed by atoms with E-state index in [-0.39, 0.29) is 0 Å². The molecule has 1 heterocycles. The number of hydrogen-bond acceptors (Lipinski definition) is 4. The first-order valence-electron chi connectivity index (χ1n) is 5.72. The van der Waals surface area contributed by atoms with Crippen molar-refractivity contribution >= 4 is 35.0 Å². The topological polar surface area (TPSA) is 36.9 Å². The van der Waals surface area contributed by atoms with Crippen molar-refractivity contribution in [2.45, 2.75) is 26.2 Å². The standard InChI is InChI=1S/C10H21O4Si4/c1-8-17(7)13-16(5,6)11-15(4)12-18(9-2,10-3)14-17/h8-10H,1-3H2,4-7H3. The Bertz CT molecular complexity index is 352. The summed E-state index contributed by atoms with van der Waals surface area (Å²) in [6, 6.07) is 0. The van der Waals surface area contributed by atoms with E-state index in [9.17, 15) is 0 Å². The van der Waals surface area contributed by atoms with Gasteiger partial charge in [0.25, 0.3) is 0 Å². The zero-order valence-electron chi connectivity index (χ0n) is 11.5. The van der Waals surface area contributed by atoms with E-state index in [2.05, 4.69) is 19.7 Å². The lowest BCUT2D eigenvalue weighted by Gasteiger charge is -2.43. The molecule has 1 radical (unpaired) electrons. The van der Waals surface area contributed by atoms with Crippen molar-refractivity contribution in [3.8, 4) is 0 Å². The predicted molar refractivity (Wildman–Crippen MR) is 81.4 cm³/mol. The molecule has 1 atom stereocenters. The van der Waals surface area contributed by atoms with Crippen LogP contribution in [0.5, 0.6) is 0 Å². The Kier molecular flexibility index (Phi) is 4.89. The van der Waals surface area contributed by atoms with Gasteiger partial charge in [0.2, 0.25) is 0 Å². The lowest BCUT2D eigenvalue weighted by atomic mass is 11.2. The molecule has 0 bridgehead atoms. The Morgan fingerprint density at radius 1 is 0.889 bits per heavy atom. The molecular weight excluding hydrogens is 296 g/mol. The van der Waals surface area contributed by atoms with E-state index in [1.54, 1.807) is 17.1 Å². The first-order valence-corrected chi connectivity index (χ1v) is 14.7. The highest BCUT2D eigenvalue weighted by Gasteiger charge is 2.49. The summed E-state index contributed by atoms with van der Waals surface area (Å²) in [4.78, 5) is 0. The first kappa shape index (κ1) is 16.0. The van der Waals surface area contributed by atoms with Crippen LogP contribution < -0.4 is 0 Å². The van der Waals surface area contributed by atoms with Gasteiger partial charge in [0.1, 0.15) is 0 Å². The number of rotatable bonds is 3. The van der Waals surface area contributed by atoms with Gasteiger partial charge >= 0.3 is 35.0 Å². The van der Waals surface area contributed by atoms with E-state index in [1.165, 1.54) is 0 Å². The maximum absolute atomic E-state index is 6.18. The third-order valence-corrected chi connectivity index (χ3v) is 16.3. The summed E-state index contributed by atoms with van der Waals surface area (Å²) in [7, 11) is -8.85. The average molecular weight is 318 g/mol. The second-order valence-electron chi connectivity index (χ2n) is 4.65. The average Bonchev–Trinajstić information content (AvgIpc) is 2.24. The van der Waals surface area contributed by atoms with Crippen LogP contribution in [0.15, 0.2) is 36.8 Å². The fraction of sp³-hybridized carbons (Fsp3) is 0.400. The molecule has 1 aliphatic heterocycles. The van der Waals surface area contributed by atoms with E-state index in [4.69, 9.17) is 16.5 Å². The fourth-order valence-electron chi connectivity index (χ4n) is 1.79. The van der Waals surface area contributed by atoms with Crippen LogP contribution in [-0.4, -0.2) is 35.0 Å². The van der Waals surface area contributed by atoms with Gasteiger partial charge in [0, 0.05) is 0 Å². The molecule has 101 valence electrons. The van der Waals surface area contributed by atoms with E-state index in [0.717, 1.165) is 0 Å². The molecule has 0 spiro atoms. The third-order valence-electron chi connectivity index (χ3n) is 2.44. The molecule has 8 heteroatoms. The lowest BCUT2D eigenvalue weighted by Crippen LogP contribution is -2.62. The highest BCUT2D eigenvalue weighted by atomic mass is 28.5. The fourth-order valence-corrected chi connectivity index (χ4v) is 17.1. The van der Waals surface area contributed by atoms with E-state index >= 15 is 0 Å². The number of hydrogen-bond donors (Lipinski definition) is 0. The summed E-state index contributed by atoms with van der Waals surface area (Å²) in [5.74, 6) is 0. The summed E-state index contributed by atoms with van der Waals surface area (Å²) in [5, 5.41) is 0. The van der Waals surface area contributed by atoms with Gasteiger partial charge in [-0.2, -0.15) is 0 Å². The Morgan fingerprint density at radius 3 is 1.89 bits per heavy atom. The van der Waals surface area contributed by atoms with Gasteiger partial charge in [-0.1, -0.05) is 5.70 Å². The van der Waals surface area contributed by atoms with Gasteiger partial charge in [-0.25, -0.2) is 0 Å². The Balaban J connectivity index is 3.14. The minimum absolute atomic E-state index is 1.43. The van der Waals surface area contributed by atoms with Crippen LogP contribution in [0.2, 0.25) is 26.2 Å². The van der Waals surface area contributed by atoms with Crippen molar-refractivity contribution < 1.29 is 16.5 Å². The van der Waals surface area contributed by atoms with E-state index in [0.29, 0.717) is 0 Å². The summed E-state index contributed by atoms with van der Waals surface area (Å²) < 4.78 is 24.3. The zero-order chi connectivity index (χ0) is 14.0. The molecule has 1 saturated heterocycles. The predicted octanol–water partition coefficient (Wildman–Crippen LogP) is 2.58. The molecule has 0 aromatic heterocycles. The molecule has 1 fully saturated rings. The van der Waals surface area contributed by atoms with Crippen LogP contribution in [0.25, 0.3) is 0 Å². The second kappa shape index (κ2) is 5.51. The highest BCUT2D eigenvalue weighted by molar-refractivity contribution is 6.95. The summed E-state index contributed by atoms with van der Waals surface area (Å²) in [6.07, 6.45) is 0. The minimum atomic E-state index is -2.66. The normalized spacial score (nSPS) is 32.0. The molecule has 18 heavy (non-hydrogen) atoms. The van der Waals surface area contributed by atoms with Crippen LogP contribution >= 0.6 is 0 Å². The molecule has 0 saturated carbocycles. The second-order valence-corrected chi connectivity index (χ2v) is 16.4. The minimum Gasteiger partial charge on any atom is -0.415 e. The molecule has 1 aliphatic rings. The first-order chi connectivity index (χ1) is 8.20. The largest absolute Gasteiger partial charge is 0.415 e.